The topological polar surface area (TPSA) is 52.7 Å². The van der Waals surface area contributed by atoms with Crippen molar-refractivity contribution in [2.75, 3.05) is 26.2 Å². The predicted octanol–water partition coefficient (Wildman–Crippen LogP) is 3.99. The maximum absolute atomic E-state index is 14.0. The van der Waals surface area contributed by atoms with Crippen LogP contribution in [0.2, 0.25) is 0 Å². The van der Waals surface area contributed by atoms with Crippen LogP contribution < -0.4 is 5.32 Å². The molecule has 4 rings (SSSR count). The van der Waals surface area contributed by atoms with Crippen LogP contribution in [0.3, 0.4) is 0 Å². The number of carbonyl (C=O) groups excluding carboxylic acids is 2. The van der Waals surface area contributed by atoms with E-state index >= 15 is 0 Å². The number of carbonyl (C=O) groups is 2. The molecule has 2 amide bonds. The molecular weight excluding hydrogens is 424 g/mol. The van der Waals surface area contributed by atoms with Gasteiger partial charge in [0.25, 0.3) is 5.91 Å². The van der Waals surface area contributed by atoms with Crippen molar-refractivity contribution < 1.29 is 18.4 Å². The minimum Gasteiger partial charge on any atom is -0.354 e. The lowest BCUT2D eigenvalue weighted by atomic mass is 9.94. The lowest BCUT2D eigenvalue weighted by Gasteiger charge is -2.36. The molecule has 2 saturated heterocycles. The van der Waals surface area contributed by atoms with Gasteiger partial charge in [-0.15, -0.1) is 0 Å². The molecule has 7 heteroatoms. The van der Waals surface area contributed by atoms with Crippen molar-refractivity contribution in [3.8, 4) is 0 Å². The first kappa shape index (κ1) is 23.4. The third-order valence-electron chi connectivity index (χ3n) is 6.80. The van der Waals surface area contributed by atoms with Gasteiger partial charge in [-0.25, -0.2) is 8.78 Å². The molecule has 176 valence electrons. The molecule has 2 aromatic rings. The number of halogens is 2. The van der Waals surface area contributed by atoms with Crippen LogP contribution >= 0.6 is 0 Å². The van der Waals surface area contributed by atoms with Gasteiger partial charge in [-0.1, -0.05) is 36.8 Å². The zero-order chi connectivity index (χ0) is 23.2. The van der Waals surface area contributed by atoms with Crippen LogP contribution in [0.25, 0.3) is 0 Å². The lowest BCUT2D eigenvalue weighted by molar-refractivity contribution is -0.126. The Morgan fingerprint density at radius 1 is 0.939 bits per heavy atom. The molecule has 1 unspecified atom stereocenters. The lowest BCUT2D eigenvalue weighted by Crippen LogP contribution is -2.48. The van der Waals surface area contributed by atoms with E-state index in [4.69, 9.17) is 0 Å². The highest BCUT2D eigenvalue weighted by Crippen LogP contribution is 2.22. The Balaban J connectivity index is 1.26. The van der Waals surface area contributed by atoms with E-state index in [9.17, 15) is 18.4 Å². The first-order valence-corrected chi connectivity index (χ1v) is 11.8. The average Bonchev–Trinajstić information content (AvgIpc) is 2.84. The molecule has 0 bridgehead atoms. The van der Waals surface area contributed by atoms with Gasteiger partial charge in [0.05, 0.1) is 5.56 Å². The average molecular weight is 456 g/mol. The number of nitrogens with one attached hydrogen (secondary N) is 1. The van der Waals surface area contributed by atoms with Gasteiger partial charge < -0.3 is 10.2 Å². The number of piperidine rings is 2. The minimum absolute atomic E-state index is 0.0281. The molecule has 0 radical (unpaired) electrons. The van der Waals surface area contributed by atoms with E-state index < -0.39 is 17.5 Å². The molecule has 0 saturated carbocycles. The Morgan fingerprint density at radius 2 is 1.70 bits per heavy atom. The van der Waals surface area contributed by atoms with Crippen LogP contribution in [0.1, 0.15) is 48.0 Å². The van der Waals surface area contributed by atoms with Crippen LogP contribution in [0.4, 0.5) is 8.78 Å². The Hall–Kier alpha value is -2.80. The van der Waals surface area contributed by atoms with Gasteiger partial charge in [-0.3, -0.25) is 14.5 Å². The van der Waals surface area contributed by atoms with Crippen molar-refractivity contribution in [1.82, 2.24) is 15.1 Å². The monoisotopic (exact) mass is 455 g/mol. The number of nitrogens with zero attached hydrogens (tertiary/aromatic N) is 2. The molecule has 1 N–H and O–H groups in total. The van der Waals surface area contributed by atoms with Gasteiger partial charge in [0.2, 0.25) is 5.91 Å². The van der Waals surface area contributed by atoms with Gasteiger partial charge in [-0.2, -0.15) is 0 Å². The van der Waals surface area contributed by atoms with E-state index in [-0.39, 0.29) is 17.4 Å². The molecule has 2 aliphatic heterocycles. The normalized spacial score (nSPS) is 19.9. The molecule has 2 fully saturated rings. The molecule has 2 aromatic carbocycles. The summed E-state index contributed by atoms with van der Waals surface area (Å²) in [6.45, 7) is 3.33. The standard InChI is InChI=1S/C26H31F2N3O2/c27-21-9-10-23(24(28)16-21)26(33)30-14-11-20(12-15-30)25(32)29-17-22-8-4-5-13-31(22)18-19-6-2-1-3-7-19/h1-3,6-7,9-10,16,20,22H,4-5,8,11-15,17-18H2,(H,29,32). The summed E-state index contributed by atoms with van der Waals surface area (Å²) in [7, 11) is 0. The smallest absolute Gasteiger partial charge is 0.256 e. The fourth-order valence-corrected chi connectivity index (χ4v) is 4.86. The summed E-state index contributed by atoms with van der Waals surface area (Å²) in [6, 6.07) is 13.7. The minimum atomic E-state index is -0.854. The summed E-state index contributed by atoms with van der Waals surface area (Å²) >= 11 is 0. The highest BCUT2D eigenvalue weighted by Gasteiger charge is 2.30. The maximum atomic E-state index is 14.0. The fourth-order valence-electron chi connectivity index (χ4n) is 4.86. The molecule has 5 nitrogen and oxygen atoms in total. The maximum Gasteiger partial charge on any atom is 0.256 e. The van der Waals surface area contributed by atoms with Gasteiger partial charge in [-0.05, 0) is 49.9 Å². The van der Waals surface area contributed by atoms with Crippen molar-refractivity contribution in [3.63, 3.8) is 0 Å². The molecule has 1 atom stereocenters. The van der Waals surface area contributed by atoms with Crippen molar-refractivity contribution in [2.24, 2.45) is 5.92 Å². The molecular formula is C26H31F2N3O2. The first-order valence-electron chi connectivity index (χ1n) is 11.8. The Bertz CT molecular complexity index is 961. The van der Waals surface area contributed by atoms with Crippen molar-refractivity contribution in [1.29, 1.82) is 0 Å². The van der Waals surface area contributed by atoms with Gasteiger partial charge >= 0.3 is 0 Å². The summed E-state index contributed by atoms with van der Waals surface area (Å²) in [4.78, 5) is 29.4. The second kappa shape index (κ2) is 10.9. The van der Waals surface area contributed by atoms with Crippen molar-refractivity contribution in [2.45, 2.75) is 44.7 Å². The zero-order valence-corrected chi connectivity index (χ0v) is 18.8. The Kier molecular flexibility index (Phi) is 7.70. The first-order chi connectivity index (χ1) is 16.0. The van der Waals surface area contributed by atoms with Gasteiger partial charge in [0.15, 0.2) is 0 Å². The van der Waals surface area contributed by atoms with E-state index in [1.54, 1.807) is 4.90 Å². The van der Waals surface area contributed by atoms with Gasteiger partial charge in [0.1, 0.15) is 11.6 Å². The number of likely N-dealkylation sites (tertiary alicyclic amines) is 2. The molecule has 0 aliphatic carbocycles. The van der Waals surface area contributed by atoms with E-state index in [0.717, 1.165) is 31.6 Å². The number of hydrogen-bond acceptors (Lipinski definition) is 3. The van der Waals surface area contributed by atoms with Crippen LogP contribution in [-0.4, -0.2) is 53.8 Å². The Labute approximate surface area is 193 Å². The van der Waals surface area contributed by atoms with Crippen LogP contribution in [-0.2, 0) is 11.3 Å². The number of rotatable bonds is 6. The molecule has 2 aliphatic rings. The van der Waals surface area contributed by atoms with Crippen molar-refractivity contribution in [3.05, 3.63) is 71.3 Å². The van der Waals surface area contributed by atoms with E-state index in [1.807, 2.05) is 6.07 Å². The largest absolute Gasteiger partial charge is 0.354 e. The second-order valence-corrected chi connectivity index (χ2v) is 9.04. The summed E-state index contributed by atoms with van der Waals surface area (Å²) in [5.41, 5.74) is 1.15. The predicted molar refractivity (Wildman–Crippen MR) is 122 cm³/mol. The van der Waals surface area contributed by atoms with Crippen molar-refractivity contribution >= 4 is 11.8 Å². The third kappa shape index (κ3) is 5.96. The van der Waals surface area contributed by atoms with E-state index in [0.29, 0.717) is 38.5 Å². The highest BCUT2D eigenvalue weighted by molar-refractivity contribution is 5.94. The molecule has 0 spiro atoms. The Morgan fingerprint density at radius 3 is 2.42 bits per heavy atom. The molecule has 33 heavy (non-hydrogen) atoms. The quantitative estimate of drug-likeness (QED) is 0.717. The van der Waals surface area contributed by atoms with Crippen LogP contribution in [0.15, 0.2) is 48.5 Å². The molecule has 0 aromatic heterocycles. The SMILES string of the molecule is O=C(NCC1CCCCN1Cc1ccccc1)C1CCN(C(=O)c2ccc(F)cc2F)CC1. The van der Waals surface area contributed by atoms with E-state index in [2.05, 4.69) is 34.5 Å². The number of amides is 2. The molecule has 2 heterocycles. The number of benzene rings is 2. The fraction of sp³-hybridized carbons (Fsp3) is 0.462. The zero-order valence-electron chi connectivity index (χ0n) is 18.8. The van der Waals surface area contributed by atoms with Crippen LogP contribution in [0.5, 0.6) is 0 Å². The summed E-state index contributed by atoms with van der Waals surface area (Å²) in [5.74, 6) is -2.14. The summed E-state index contributed by atoms with van der Waals surface area (Å²) in [6.07, 6.45) is 4.51. The van der Waals surface area contributed by atoms with Gasteiger partial charge in [0, 0.05) is 44.2 Å². The highest BCUT2D eigenvalue weighted by atomic mass is 19.1. The number of hydrogen-bond donors (Lipinski definition) is 1. The summed E-state index contributed by atoms with van der Waals surface area (Å²) in [5, 5.41) is 3.14. The summed E-state index contributed by atoms with van der Waals surface area (Å²) < 4.78 is 27.1. The third-order valence-corrected chi connectivity index (χ3v) is 6.80. The second-order valence-electron chi connectivity index (χ2n) is 9.04. The van der Waals surface area contributed by atoms with E-state index in [1.165, 1.54) is 24.5 Å². The van der Waals surface area contributed by atoms with Crippen LogP contribution in [0, 0.1) is 17.6 Å².